The normalized spacial score (nSPS) is 16.7. The fraction of sp³-hybridized carbons (Fsp3) is 0.143. The topological polar surface area (TPSA) is 32.8 Å². The van der Waals surface area contributed by atoms with Crippen LogP contribution in [0.1, 0.15) is 73.9 Å². The van der Waals surface area contributed by atoms with Gasteiger partial charge in [-0.3, -0.25) is 0 Å². The zero-order valence-electron chi connectivity index (χ0n) is 38.6. The lowest BCUT2D eigenvalue weighted by molar-refractivity contribution is 0.332. The van der Waals surface area contributed by atoms with Gasteiger partial charge in [0.2, 0.25) is 0 Å². The van der Waals surface area contributed by atoms with Crippen molar-refractivity contribution >= 4 is 90.1 Å². The average Bonchev–Trinajstić information content (AvgIpc) is 3.95. The zero-order chi connectivity index (χ0) is 45.3. The Morgan fingerprint density at radius 2 is 1.07 bits per heavy atom. The third-order valence-electron chi connectivity index (χ3n) is 16.6. The van der Waals surface area contributed by atoms with Gasteiger partial charge < -0.3 is 18.5 Å². The first-order valence-corrected chi connectivity index (χ1v) is 24.3. The molecule has 0 amide bonds. The molecule has 0 fully saturated rings. The molecule has 2 aromatic heterocycles. The SMILES string of the molecule is CC1(C)CCC(C)(C)c2cc(N3B4c5cccc6c5N(c5ccccc5C6(c5ccccc5)c5ccccc5)c5c4c(cc4c5oc5ccccc54)-c4c3ccc3c4oc4ccccc43)ccc21. The van der Waals surface area contributed by atoms with Gasteiger partial charge in [-0.15, -0.1) is 0 Å². The van der Waals surface area contributed by atoms with E-state index in [1.165, 1.54) is 61.2 Å². The van der Waals surface area contributed by atoms with Gasteiger partial charge in [0, 0.05) is 44.2 Å². The van der Waals surface area contributed by atoms with Crippen LogP contribution in [0.15, 0.2) is 197 Å². The van der Waals surface area contributed by atoms with Crippen LogP contribution in [-0.4, -0.2) is 6.85 Å². The van der Waals surface area contributed by atoms with E-state index in [0.29, 0.717) is 0 Å². The summed E-state index contributed by atoms with van der Waals surface area (Å²) in [5.74, 6) is 0. The van der Waals surface area contributed by atoms with Gasteiger partial charge in [0.25, 0.3) is 0 Å². The van der Waals surface area contributed by atoms with Crippen LogP contribution in [0, 0.1) is 0 Å². The van der Waals surface area contributed by atoms with Crippen molar-refractivity contribution in [2.45, 2.75) is 56.8 Å². The number of furan rings is 2. The van der Waals surface area contributed by atoms with Gasteiger partial charge in [-0.05, 0) is 122 Å². The summed E-state index contributed by atoms with van der Waals surface area (Å²) in [7, 11) is 0. The first kappa shape index (κ1) is 38.4. The standard InChI is InChI=1S/C63H47BN2O2/c1-61(2)34-35-62(3,4)49-36-40(30-32-46(49)61)66-52-33-31-43-41-22-11-15-28-53(41)67-59(43)55(52)45-37-44-42-23-12-16-29-54(42)68-60(44)58-56(45)64(66)50-26-17-25-48-57(50)65(58)51-27-14-13-24-47(51)63(48,38-18-7-5-8-19-38)39-20-9-6-10-21-39/h5-33,36-37H,34-35H2,1-4H3. The molecule has 15 rings (SSSR count). The first-order valence-electron chi connectivity index (χ1n) is 24.3. The number of para-hydroxylation sites is 4. The highest BCUT2D eigenvalue weighted by atomic mass is 16.3. The third-order valence-corrected chi connectivity index (χ3v) is 16.6. The summed E-state index contributed by atoms with van der Waals surface area (Å²) in [5.41, 5.74) is 21.4. The van der Waals surface area contributed by atoms with Crippen molar-refractivity contribution in [3.05, 3.63) is 221 Å². The highest BCUT2D eigenvalue weighted by molar-refractivity contribution is 6.94. The quantitative estimate of drug-likeness (QED) is 0.166. The number of nitrogens with zero attached hydrogens (tertiary/aromatic N) is 2. The molecule has 0 unspecified atom stereocenters. The van der Waals surface area contributed by atoms with Gasteiger partial charge in [-0.1, -0.05) is 167 Å². The van der Waals surface area contributed by atoms with Crippen LogP contribution in [0.2, 0.25) is 0 Å². The summed E-state index contributed by atoms with van der Waals surface area (Å²) in [5, 5.41) is 4.44. The molecule has 5 heterocycles. The lowest BCUT2D eigenvalue weighted by Gasteiger charge is -2.52. The maximum Gasteiger partial charge on any atom is 0.333 e. The van der Waals surface area contributed by atoms with Crippen LogP contribution in [0.25, 0.3) is 55.0 Å². The minimum Gasteiger partial charge on any atom is -0.455 e. The molecule has 4 aliphatic rings. The van der Waals surface area contributed by atoms with Crippen LogP contribution >= 0.6 is 0 Å². The van der Waals surface area contributed by atoms with Crippen molar-refractivity contribution in [1.82, 2.24) is 0 Å². The molecule has 324 valence electrons. The Kier molecular flexibility index (Phi) is 7.46. The minimum absolute atomic E-state index is 0.00956. The minimum atomic E-state index is -0.637. The van der Waals surface area contributed by atoms with E-state index in [2.05, 4.69) is 225 Å². The highest BCUT2D eigenvalue weighted by Gasteiger charge is 2.54. The maximum atomic E-state index is 7.28. The molecule has 0 bridgehead atoms. The van der Waals surface area contributed by atoms with Crippen molar-refractivity contribution < 1.29 is 8.83 Å². The van der Waals surface area contributed by atoms with Crippen molar-refractivity contribution in [1.29, 1.82) is 0 Å². The summed E-state index contributed by atoms with van der Waals surface area (Å²) >= 11 is 0. The predicted molar refractivity (Wildman–Crippen MR) is 282 cm³/mol. The second kappa shape index (κ2) is 13.2. The van der Waals surface area contributed by atoms with Gasteiger partial charge >= 0.3 is 6.85 Å². The number of fused-ring (bicyclic) bond motifs is 15. The smallest absolute Gasteiger partial charge is 0.333 e. The molecule has 0 saturated heterocycles. The first-order chi connectivity index (χ1) is 33.2. The second-order valence-corrected chi connectivity index (χ2v) is 20.9. The Hall–Kier alpha value is -7.76. The van der Waals surface area contributed by atoms with Crippen molar-refractivity contribution in [2.24, 2.45) is 0 Å². The number of anilines is 5. The summed E-state index contributed by atoms with van der Waals surface area (Å²) < 4.78 is 14.4. The van der Waals surface area contributed by atoms with E-state index >= 15 is 0 Å². The largest absolute Gasteiger partial charge is 0.455 e. The molecule has 11 aromatic rings. The van der Waals surface area contributed by atoms with E-state index in [1.807, 2.05) is 0 Å². The molecule has 0 atom stereocenters. The van der Waals surface area contributed by atoms with Gasteiger partial charge in [-0.2, -0.15) is 0 Å². The van der Waals surface area contributed by atoms with Crippen LogP contribution in [0.3, 0.4) is 0 Å². The highest BCUT2D eigenvalue weighted by Crippen LogP contribution is 2.61. The van der Waals surface area contributed by atoms with Crippen molar-refractivity contribution in [2.75, 3.05) is 9.71 Å². The molecule has 3 aliphatic heterocycles. The molecule has 0 saturated carbocycles. The maximum absolute atomic E-state index is 7.28. The van der Waals surface area contributed by atoms with Gasteiger partial charge in [-0.25, -0.2) is 0 Å². The third kappa shape index (κ3) is 4.76. The predicted octanol–water partition coefficient (Wildman–Crippen LogP) is 15.2. The Balaban J connectivity index is 1.15. The van der Waals surface area contributed by atoms with E-state index in [-0.39, 0.29) is 17.7 Å². The Labute approximate surface area is 396 Å². The monoisotopic (exact) mass is 874 g/mol. The summed E-state index contributed by atoms with van der Waals surface area (Å²) in [6.07, 6.45) is 2.29. The van der Waals surface area contributed by atoms with E-state index in [9.17, 15) is 0 Å². The van der Waals surface area contributed by atoms with E-state index < -0.39 is 5.41 Å². The summed E-state index contributed by atoms with van der Waals surface area (Å²) in [4.78, 5) is 5.25. The molecule has 1 aliphatic carbocycles. The fourth-order valence-corrected chi connectivity index (χ4v) is 13.4. The molecular formula is C63H47BN2O2. The summed E-state index contributed by atoms with van der Waals surface area (Å²) in [6, 6.07) is 70.2. The molecular weight excluding hydrogens is 828 g/mol. The zero-order valence-corrected chi connectivity index (χ0v) is 38.6. The Morgan fingerprint density at radius 1 is 0.456 bits per heavy atom. The molecule has 5 heteroatoms. The van der Waals surface area contributed by atoms with Crippen LogP contribution < -0.4 is 20.6 Å². The Morgan fingerprint density at radius 3 is 1.81 bits per heavy atom. The average molecular weight is 875 g/mol. The van der Waals surface area contributed by atoms with E-state index in [4.69, 9.17) is 8.83 Å². The number of hydrogen-bond acceptors (Lipinski definition) is 4. The molecule has 0 N–H and O–H groups in total. The lowest BCUT2D eigenvalue weighted by Crippen LogP contribution is -2.62. The van der Waals surface area contributed by atoms with Gasteiger partial charge in [0.15, 0.2) is 5.58 Å². The van der Waals surface area contributed by atoms with E-state index in [0.717, 1.165) is 79.3 Å². The van der Waals surface area contributed by atoms with Crippen LogP contribution in [-0.2, 0) is 16.2 Å². The lowest BCUT2D eigenvalue weighted by atomic mass is 9.42. The molecule has 9 aromatic carbocycles. The molecule has 68 heavy (non-hydrogen) atoms. The van der Waals surface area contributed by atoms with Gasteiger partial charge in [0.1, 0.15) is 16.7 Å². The molecule has 0 radical (unpaired) electrons. The van der Waals surface area contributed by atoms with Crippen LogP contribution in [0.5, 0.6) is 0 Å². The molecule has 0 spiro atoms. The van der Waals surface area contributed by atoms with Crippen LogP contribution in [0.4, 0.5) is 28.4 Å². The second-order valence-electron chi connectivity index (χ2n) is 20.9. The van der Waals surface area contributed by atoms with Crippen molar-refractivity contribution in [3.63, 3.8) is 0 Å². The van der Waals surface area contributed by atoms with Gasteiger partial charge in [0.05, 0.1) is 16.8 Å². The number of hydrogen-bond donors (Lipinski definition) is 0. The van der Waals surface area contributed by atoms with Crippen molar-refractivity contribution in [3.8, 4) is 11.1 Å². The number of rotatable bonds is 3. The van der Waals surface area contributed by atoms with E-state index in [1.54, 1.807) is 0 Å². The Bertz CT molecular complexity index is 3910. The number of benzene rings is 9. The fourth-order valence-electron chi connectivity index (χ4n) is 13.4. The molecule has 4 nitrogen and oxygen atoms in total. The summed E-state index contributed by atoms with van der Waals surface area (Å²) in [6.45, 7) is 9.49.